The molecule has 0 aromatic heterocycles. The first-order valence-electron chi connectivity index (χ1n) is 4.92. The predicted molar refractivity (Wildman–Crippen MR) is 67.3 cm³/mol. The highest BCUT2D eigenvalue weighted by atomic mass is 79.9. The minimum absolute atomic E-state index is 0.0766. The van der Waals surface area contributed by atoms with E-state index in [4.69, 9.17) is 5.73 Å². The zero-order valence-electron chi connectivity index (χ0n) is 8.52. The van der Waals surface area contributed by atoms with Crippen molar-refractivity contribution in [3.8, 4) is 5.75 Å². The minimum atomic E-state index is -0.830. The van der Waals surface area contributed by atoms with Crippen LogP contribution in [-0.2, 0) is 0 Å². The molecule has 84 valence electrons. The Hall–Kier alpha value is -1.10. The van der Waals surface area contributed by atoms with Crippen LogP contribution in [0.15, 0.2) is 34.8 Å². The third-order valence-corrected chi connectivity index (χ3v) is 3.02. The normalized spacial score (nSPS) is 12.9. The van der Waals surface area contributed by atoms with Gasteiger partial charge in [-0.15, -0.1) is 0 Å². The summed E-state index contributed by atoms with van der Waals surface area (Å²) >= 11 is 3.38. The smallest absolute Gasteiger partial charge is 0.122 e. The van der Waals surface area contributed by atoms with Crippen molar-refractivity contribution in [2.75, 3.05) is 6.54 Å². The van der Waals surface area contributed by atoms with Crippen molar-refractivity contribution in [2.24, 2.45) is 5.73 Å². The van der Waals surface area contributed by atoms with Crippen LogP contribution in [0.3, 0.4) is 0 Å². The van der Waals surface area contributed by atoms with Crippen molar-refractivity contribution in [3.63, 3.8) is 0 Å². The van der Waals surface area contributed by atoms with Crippen LogP contribution >= 0.6 is 15.9 Å². The van der Waals surface area contributed by atoms with Crippen molar-refractivity contribution < 1.29 is 10.2 Å². The number of rotatable bonds is 2. The molecule has 0 aliphatic carbocycles. The summed E-state index contributed by atoms with van der Waals surface area (Å²) in [6.07, 6.45) is -0.830. The maximum Gasteiger partial charge on any atom is 0.122 e. The third-order valence-electron chi connectivity index (χ3n) is 2.53. The van der Waals surface area contributed by atoms with Gasteiger partial charge in [-0.1, -0.05) is 22.0 Å². The number of aromatic hydroxyl groups is 1. The van der Waals surface area contributed by atoms with E-state index in [1.54, 1.807) is 12.1 Å². The van der Waals surface area contributed by atoms with Crippen molar-refractivity contribution in [1.29, 1.82) is 0 Å². The lowest BCUT2D eigenvalue weighted by atomic mass is 10.0. The second kappa shape index (κ2) is 4.41. The van der Waals surface area contributed by atoms with Crippen LogP contribution in [0.2, 0.25) is 0 Å². The first-order valence-corrected chi connectivity index (χ1v) is 5.71. The summed E-state index contributed by atoms with van der Waals surface area (Å²) in [5.41, 5.74) is 5.84. The number of phenols is 1. The first kappa shape index (κ1) is 11.4. The number of hydrogen-bond donors (Lipinski definition) is 3. The molecule has 1 unspecified atom stereocenters. The molecule has 0 amide bonds. The molecule has 16 heavy (non-hydrogen) atoms. The average Bonchev–Trinajstić information content (AvgIpc) is 2.28. The topological polar surface area (TPSA) is 66.5 Å². The van der Waals surface area contributed by atoms with Crippen LogP contribution in [0.25, 0.3) is 10.8 Å². The van der Waals surface area contributed by atoms with Gasteiger partial charge in [-0.05, 0) is 35.0 Å². The highest BCUT2D eigenvalue weighted by Crippen LogP contribution is 2.30. The molecule has 4 N–H and O–H groups in total. The summed E-state index contributed by atoms with van der Waals surface area (Å²) in [7, 11) is 0. The highest BCUT2D eigenvalue weighted by molar-refractivity contribution is 9.10. The zero-order valence-corrected chi connectivity index (χ0v) is 10.1. The highest BCUT2D eigenvalue weighted by Gasteiger charge is 2.11. The molecule has 0 heterocycles. The number of halogens is 1. The van der Waals surface area contributed by atoms with E-state index in [1.807, 2.05) is 18.2 Å². The Balaban J connectivity index is 2.64. The van der Waals surface area contributed by atoms with Gasteiger partial charge in [-0.25, -0.2) is 0 Å². The summed E-state index contributed by atoms with van der Waals surface area (Å²) in [5, 5.41) is 21.3. The van der Waals surface area contributed by atoms with E-state index in [0.717, 1.165) is 15.2 Å². The summed E-state index contributed by atoms with van der Waals surface area (Å²) in [6, 6.07) is 9.13. The van der Waals surface area contributed by atoms with Crippen LogP contribution in [0.4, 0.5) is 0 Å². The molecule has 2 aromatic carbocycles. The predicted octanol–water partition coefficient (Wildman–Crippen LogP) is 2.30. The van der Waals surface area contributed by atoms with E-state index in [9.17, 15) is 10.2 Å². The first-order chi connectivity index (χ1) is 7.61. The van der Waals surface area contributed by atoms with Crippen LogP contribution in [-0.4, -0.2) is 16.8 Å². The van der Waals surface area contributed by atoms with E-state index < -0.39 is 6.10 Å². The number of aliphatic hydroxyl groups is 1. The Labute approximate surface area is 102 Å². The molecule has 1 atom stereocenters. The molecule has 0 spiro atoms. The van der Waals surface area contributed by atoms with Gasteiger partial charge in [0.25, 0.3) is 0 Å². The Morgan fingerprint density at radius 2 is 1.94 bits per heavy atom. The van der Waals surface area contributed by atoms with E-state index in [-0.39, 0.29) is 12.3 Å². The molecule has 0 radical (unpaired) electrons. The Bertz CT molecular complexity index is 528. The molecule has 2 rings (SSSR count). The van der Waals surface area contributed by atoms with Gasteiger partial charge >= 0.3 is 0 Å². The zero-order chi connectivity index (χ0) is 11.7. The van der Waals surface area contributed by atoms with Crippen molar-refractivity contribution in [2.45, 2.75) is 6.10 Å². The van der Waals surface area contributed by atoms with Gasteiger partial charge in [0.05, 0.1) is 6.10 Å². The van der Waals surface area contributed by atoms with Crippen LogP contribution in [0, 0.1) is 0 Å². The lowest BCUT2D eigenvalue weighted by molar-refractivity contribution is 0.183. The second-order valence-electron chi connectivity index (χ2n) is 3.65. The monoisotopic (exact) mass is 281 g/mol. The van der Waals surface area contributed by atoms with Gasteiger partial charge in [0.1, 0.15) is 5.75 Å². The van der Waals surface area contributed by atoms with Crippen molar-refractivity contribution in [3.05, 3.63) is 40.4 Å². The lowest BCUT2D eigenvalue weighted by Crippen LogP contribution is -2.11. The fraction of sp³-hybridized carbons (Fsp3) is 0.167. The van der Waals surface area contributed by atoms with Gasteiger partial charge in [-0.2, -0.15) is 0 Å². The molecule has 0 aliphatic heterocycles. The SMILES string of the molecule is NCC(O)c1cc2cc(Br)ccc2cc1O. The Kier molecular flexibility index (Phi) is 3.14. The number of aliphatic hydroxyl groups excluding tert-OH is 1. The standard InChI is InChI=1S/C12H12BrNO2/c13-9-2-1-7-5-11(15)10(12(16)6-14)4-8(7)3-9/h1-5,12,15-16H,6,14H2. The molecule has 2 aromatic rings. The lowest BCUT2D eigenvalue weighted by Gasteiger charge is -2.11. The molecule has 0 saturated carbocycles. The number of hydrogen-bond acceptors (Lipinski definition) is 3. The number of fused-ring (bicyclic) bond motifs is 1. The van der Waals surface area contributed by atoms with Gasteiger partial charge in [-0.3, -0.25) is 0 Å². The van der Waals surface area contributed by atoms with Crippen LogP contribution in [0.1, 0.15) is 11.7 Å². The van der Waals surface area contributed by atoms with Gasteiger partial charge < -0.3 is 15.9 Å². The minimum Gasteiger partial charge on any atom is -0.508 e. The fourth-order valence-corrected chi connectivity index (χ4v) is 2.05. The quantitative estimate of drug-likeness (QED) is 0.791. The third kappa shape index (κ3) is 2.04. The Morgan fingerprint density at radius 1 is 1.19 bits per heavy atom. The molecular formula is C12H12BrNO2. The molecule has 4 heteroatoms. The van der Waals surface area contributed by atoms with E-state index in [0.29, 0.717) is 5.56 Å². The summed E-state index contributed by atoms with van der Waals surface area (Å²) in [4.78, 5) is 0. The maximum absolute atomic E-state index is 9.75. The fourth-order valence-electron chi connectivity index (χ4n) is 1.67. The van der Waals surface area contributed by atoms with Gasteiger partial charge in [0.2, 0.25) is 0 Å². The molecule has 0 aliphatic rings. The average molecular weight is 282 g/mol. The summed E-state index contributed by atoms with van der Waals surface area (Å²) in [6.45, 7) is 0.0903. The molecular weight excluding hydrogens is 270 g/mol. The largest absolute Gasteiger partial charge is 0.508 e. The number of phenolic OH excluding ortho intramolecular Hbond substituents is 1. The number of nitrogens with two attached hydrogens (primary N) is 1. The van der Waals surface area contributed by atoms with Gasteiger partial charge in [0, 0.05) is 16.6 Å². The van der Waals surface area contributed by atoms with Gasteiger partial charge in [0.15, 0.2) is 0 Å². The summed E-state index contributed by atoms with van der Waals surface area (Å²) < 4.78 is 0.957. The number of benzene rings is 2. The summed E-state index contributed by atoms with van der Waals surface area (Å²) in [5.74, 6) is 0.0766. The Morgan fingerprint density at radius 3 is 2.62 bits per heavy atom. The van der Waals surface area contributed by atoms with Crippen molar-refractivity contribution >= 4 is 26.7 Å². The van der Waals surface area contributed by atoms with Crippen LogP contribution < -0.4 is 5.73 Å². The van der Waals surface area contributed by atoms with E-state index in [2.05, 4.69) is 15.9 Å². The van der Waals surface area contributed by atoms with E-state index in [1.165, 1.54) is 0 Å². The molecule has 0 saturated heterocycles. The van der Waals surface area contributed by atoms with Crippen LogP contribution in [0.5, 0.6) is 5.75 Å². The second-order valence-corrected chi connectivity index (χ2v) is 4.57. The van der Waals surface area contributed by atoms with E-state index >= 15 is 0 Å². The van der Waals surface area contributed by atoms with Crippen molar-refractivity contribution in [1.82, 2.24) is 0 Å². The molecule has 3 nitrogen and oxygen atoms in total. The maximum atomic E-state index is 9.75. The molecule has 0 bridgehead atoms. The molecule has 0 fully saturated rings.